The van der Waals surface area contributed by atoms with Gasteiger partial charge in [0.1, 0.15) is 7.17 Å². The highest BCUT2D eigenvalue weighted by Gasteiger charge is 1.78. The van der Waals surface area contributed by atoms with Gasteiger partial charge in [0.25, 0.3) is 0 Å². The average molecular weight is 69.7 g/mol. The minimum atomic E-state index is 0.344. The maximum atomic E-state index is 8.07. The first-order valence-corrected chi connectivity index (χ1v) is 2.02. The molecule has 0 aliphatic rings. The van der Waals surface area contributed by atoms with Crippen LogP contribution in [-0.4, -0.2) is 19.6 Å². The van der Waals surface area contributed by atoms with Crippen molar-refractivity contribution >= 4 is 14.5 Å². The second-order valence-corrected chi connectivity index (χ2v) is 1.08. The molecule has 0 rings (SSSR count). The van der Waals surface area contributed by atoms with E-state index >= 15 is 0 Å². The highest BCUT2D eigenvalue weighted by atomic mass is 16.2. The maximum absolute atomic E-state index is 8.07. The van der Waals surface area contributed by atoms with Crippen molar-refractivity contribution < 1.29 is 5.02 Å². The van der Waals surface area contributed by atoms with Crippen molar-refractivity contribution in [1.29, 1.82) is 0 Å². The van der Waals surface area contributed by atoms with Crippen LogP contribution in [0.4, 0.5) is 0 Å². The quantitative estimate of drug-likeness (QED) is 0.418. The Morgan fingerprint density at radius 2 is 2.40 bits per heavy atom. The van der Waals surface area contributed by atoms with E-state index < -0.39 is 0 Å². The van der Waals surface area contributed by atoms with Gasteiger partial charge in [0.15, 0.2) is 0 Å². The van der Waals surface area contributed by atoms with E-state index in [1.807, 2.05) is 0 Å². The summed E-state index contributed by atoms with van der Waals surface area (Å²) in [6, 6.07) is 0. The summed E-state index contributed by atoms with van der Waals surface area (Å²) in [5.74, 6) is 0. The van der Waals surface area contributed by atoms with Crippen LogP contribution in [0.15, 0.2) is 0 Å². The summed E-state index contributed by atoms with van der Waals surface area (Å²) in [5.41, 5.74) is 0. The van der Waals surface area contributed by atoms with Crippen molar-refractivity contribution in [3.63, 3.8) is 0 Å². The minimum Gasteiger partial charge on any atom is -0.463 e. The monoisotopic (exact) mass is 70.1 g/mol. The molecule has 0 fully saturated rings. The summed E-state index contributed by atoms with van der Waals surface area (Å²) >= 11 is 0. The first-order chi connectivity index (χ1) is 2.41. The Morgan fingerprint density at radius 3 is 2.40 bits per heavy atom. The summed E-state index contributed by atoms with van der Waals surface area (Å²) in [7, 11) is 1.29. The van der Waals surface area contributed by atoms with E-state index in [4.69, 9.17) is 5.02 Å². The van der Waals surface area contributed by atoms with Crippen LogP contribution >= 0.6 is 0 Å². The van der Waals surface area contributed by atoms with Crippen molar-refractivity contribution in [3.05, 3.63) is 0 Å². The molecule has 3 heteroatoms. The topological polar surface area (TPSA) is 20.2 Å². The van der Waals surface area contributed by atoms with Crippen LogP contribution < -0.4 is 0 Å². The molecule has 0 heterocycles. The van der Waals surface area contributed by atoms with Crippen molar-refractivity contribution in [2.75, 3.05) is 0 Å². The molecule has 1 N–H and O–H groups in total. The molecule has 0 unspecified atom stereocenters. The lowest BCUT2D eigenvalue weighted by molar-refractivity contribution is 0.620. The minimum absolute atomic E-state index is 0.344. The third-order valence-corrected chi connectivity index (χ3v) is 0.512. The molecule has 28 valence electrons. The van der Waals surface area contributed by atoms with E-state index in [0.29, 0.717) is 7.37 Å². The van der Waals surface area contributed by atoms with E-state index in [-0.39, 0.29) is 0 Å². The van der Waals surface area contributed by atoms with E-state index in [0.717, 1.165) is 13.5 Å². The van der Waals surface area contributed by atoms with Crippen molar-refractivity contribution in [2.45, 2.75) is 13.2 Å². The van der Waals surface area contributed by atoms with Crippen LogP contribution in [-0.2, 0) is 0 Å². The summed E-state index contributed by atoms with van der Waals surface area (Å²) < 4.78 is 0. The number of rotatable bonds is 2. The van der Waals surface area contributed by atoms with Gasteiger partial charge in [-0.25, -0.2) is 0 Å². The fourth-order valence-electron chi connectivity index (χ4n) is 0.158. The molecule has 0 saturated heterocycles. The average Bonchev–Trinajstić information content (AvgIpc) is 1.41. The van der Waals surface area contributed by atoms with Gasteiger partial charge in [-0.2, -0.15) is 0 Å². The normalized spacial score (nSPS) is 6.80. The summed E-state index contributed by atoms with van der Waals surface area (Å²) in [5, 5.41) is 8.07. The van der Waals surface area contributed by atoms with Crippen LogP contribution in [0.1, 0.15) is 6.92 Å². The van der Waals surface area contributed by atoms with Gasteiger partial charge in [-0.15, -0.1) is 0 Å². The third kappa shape index (κ3) is 4.09. The summed E-state index contributed by atoms with van der Waals surface area (Å²) in [6.45, 7) is 2.05. The van der Waals surface area contributed by atoms with Gasteiger partial charge in [-0.05, 0) is 0 Å². The predicted octanol–water partition coefficient (Wildman–Crippen LogP) is -0.880. The molecule has 0 aliphatic carbocycles. The Morgan fingerprint density at radius 1 is 1.80 bits per heavy atom. The van der Waals surface area contributed by atoms with Crippen LogP contribution in [0.3, 0.4) is 0 Å². The molecule has 0 aromatic heterocycles. The van der Waals surface area contributed by atoms with Crippen molar-refractivity contribution in [3.8, 4) is 0 Å². The lowest BCUT2D eigenvalue weighted by atomic mass is 9.49. The number of hydrogen-bond donors (Lipinski definition) is 1. The smallest absolute Gasteiger partial charge is 0.229 e. The molecule has 0 saturated carbocycles. The fourth-order valence-corrected chi connectivity index (χ4v) is 0.158. The highest BCUT2D eigenvalue weighted by molar-refractivity contribution is 6.96. The van der Waals surface area contributed by atoms with Crippen molar-refractivity contribution in [2.24, 2.45) is 0 Å². The Labute approximate surface area is 33.9 Å². The van der Waals surface area contributed by atoms with E-state index in [2.05, 4.69) is 6.92 Å². The Kier molecular flexibility index (Phi) is 4.16. The van der Waals surface area contributed by atoms with Gasteiger partial charge in [-0.1, -0.05) is 13.2 Å². The van der Waals surface area contributed by atoms with Crippen LogP contribution in [0.2, 0.25) is 6.32 Å². The Hall–Kier alpha value is 0.0899. The molecule has 5 heavy (non-hydrogen) atoms. The lowest BCUT2D eigenvalue weighted by Gasteiger charge is -1.72. The first kappa shape index (κ1) is 5.09. The molecule has 1 nitrogen and oxygen atoms in total. The number of hydrogen-bond acceptors (Lipinski definition) is 1. The standard InChI is InChI=1S/C2H8B2O/c1-2-3-4-5/h3-5H,2H2,1H3. The first-order valence-electron chi connectivity index (χ1n) is 2.02. The maximum Gasteiger partial charge on any atom is 0.229 e. The van der Waals surface area contributed by atoms with Gasteiger partial charge in [-0.3, -0.25) is 0 Å². The third-order valence-electron chi connectivity index (χ3n) is 0.512. The molecule has 0 aromatic rings. The summed E-state index contributed by atoms with van der Waals surface area (Å²) in [6.07, 6.45) is 1.09. The largest absolute Gasteiger partial charge is 0.463 e. The van der Waals surface area contributed by atoms with Crippen LogP contribution in [0.5, 0.6) is 0 Å². The van der Waals surface area contributed by atoms with E-state index in [9.17, 15) is 0 Å². The zero-order chi connectivity index (χ0) is 4.12. The van der Waals surface area contributed by atoms with E-state index in [1.165, 1.54) is 0 Å². The second kappa shape index (κ2) is 4.09. The van der Waals surface area contributed by atoms with Crippen LogP contribution in [0, 0.1) is 0 Å². The Balaban J connectivity index is 2.19. The summed E-state index contributed by atoms with van der Waals surface area (Å²) in [4.78, 5) is 0. The molecular formula is C2H8B2O. The molecular weight excluding hydrogens is 61.6 g/mol. The molecule has 0 amide bonds. The second-order valence-electron chi connectivity index (χ2n) is 1.08. The highest BCUT2D eigenvalue weighted by Crippen LogP contribution is 1.63. The lowest BCUT2D eigenvalue weighted by Crippen LogP contribution is -1.97. The predicted molar refractivity (Wildman–Crippen MR) is 27.0 cm³/mol. The fraction of sp³-hybridized carbons (Fsp3) is 1.00. The van der Waals surface area contributed by atoms with Gasteiger partial charge in [0.2, 0.25) is 7.37 Å². The van der Waals surface area contributed by atoms with Crippen LogP contribution in [0.25, 0.3) is 0 Å². The molecule has 0 radical (unpaired) electrons. The van der Waals surface area contributed by atoms with Gasteiger partial charge >= 0.3 is 0 Å². The zero-order valence-electron chi connectivity index (χ0n) is 3.57. The SMILES string of the molecule is CCBBO. The molecule has 0 atom stereocenters. The molecule has 0 aliphatic heterocycles. The molecule has 0 bridgehead atoms. The van der Waals surface area contributed by atoms with Gasteiger partial charge < -0.3 is 5.02 Å². The van der Waals surface area contributed by atoms with Gasteiger partial charge in [0, 0.05) is 0 Å². The molecule has 0 spiro atoms. The van der Waals surface area contributed by atoms with E-state index in [1.54, 1.807) is 0 Å². The van der Waals surface area contributed by atoms with Crippen molar-refractivity contribution in [1.82, 2.24) is 0 Å². The Bertz CT molecular complexity index is 15.1. The zero-order valence-corrected chi connectivity index (χ0v) is 3.57. The molecule has 0 aromatic carbocycles. The van der Waals surface area contributed by atoms with Gasteiger partial charge in [0.05, 0.1) is 0 Å².